The summed E-state index contributed by atoms with van der Waals surface area (Å²) in [5.41, 5.74) is 0.820. The van der Waals surface area contributed by atoms with Crippen molar-refractivity contribution in [3.8, 4) is 17.6 Å². The van der Waals surface area contributed by atoms with Gasteiger partial charge < -0.3 is 14.7 Å². The molecule has 5 nitrogen and oxygen atoms in total. The van der Waals surface area contributed by atoms with Crippen LogP contribution < -0.4 is 4.74 Å². The fourth-order valence-corrected chi connectivity index (χ4v) is 2.19. The van der Waals surface area contributed by atoms with Crippen LogP contribution in [0.5, 0.6) is 11.5 Å². The second-order valence-corrected chi connectivity index (χ2v) is 5.57. The number of para-hydroxylation sites is 2. The maximum absolute atomic E-state index is 12.6. The molecule has 1 atom stereocenters. The topological polar surface area (TPSA) is 73.6 Å². The lowest BCUT2D eigenvalue weighted by atomic mass is 10.1. The lowest BCUT2D eigenvalue weighted by Gasteiger charge is -2.20. The van der Waals surface area contributed by atoms with Gasteiger partial charge in [0.25, 0.3) is 5.91 Å². The molecule has 0 aromatic heterocycles. The summed E-state index contributed by atoms with van der Waals surface area (Å²) in [6, 6.07) is 15.9. The molecular weight excluding hydrogens is 304 g/mol. The lowest BCUT2D eigenvalue weighted by Crippen LogP contribution is -2.29. The van der Waals surface area contributed by atoms with Crippen molar-refractivity contribution in [2.45, 2.75) is 19.4 Å². The van der Waals surface area contributed by atoms with Crippen molar-refractivity contribution in [1.29, 1.82) is 5.26 Å². The van der Waals surface area contributed by atoms with Gasteiger partial charge >= 0.3 is 0 Å². The molecule has 0 spiro atoms. The van der Waals surface area contributed by atoms with E-state index in [1.165, 1.54) is 0 Å². The zero-order valence-electron chi connectivity index (χ0n) is 13.8. The van der Waals surface area contributed by atoms with Crippen molar-refractivity contribution in [3.05, 3.63) is 59.7 Å². The number of hydrogen-bond acceptors (Lipinski definition) is 4. The number of carbonyl (C=O) groups excluding carboxylic acids is 1. The molecule has 2 rings (SSSR count). The number of benzene rings is 2. The second-order valence-electron chi connectivity index (χ2n) is 5.57. The maximum atomic E-state index is 12.6. The van der Waals surface area contributed by atoms with Crippen LogP contribution in [-0.4, -0.2) is 35.6 Å². The smallest absolute Gasteiger partial charge is 0.257 e. The monoisotopic (exact) mass is 324 g/mol. The van der Waals surface area contributed by atoms with Gasteiger partial charge in [-0.05, 0) is 37.6 Å². The number of rotatable bonds is 6. The fraction of sp³-hybridized carbons (Fsp3) is 0.263. The van der Waals surface area contributed by atoms with Crippen LogP contribution in [0.2, 0.25) is 0 Å². The van der Waals surface area contributed by atoms with E-state index < -0.39 is 6.10 Å². The summed E-state index contributed by atoms with van der Waals surface area (Å²) in [7, 11) is 1.69. The van der Waals surface area contributed by atoms with Crippen molar-refractivity contribution >= 4 is 5.91 Å². The average Bonchev–Trinajstić information content (AvgIpc) is 2.60. The summed E-state index contributed by atoms with van der Waals surface area (Å²) in [4.78, 5) is 14.2. The van der Waals surface area contributed by atoms with Gasteiger partial charge in [-0.1, -0.05) is 24.3 Å². The summed E-state index contributed by atoms with van der Waals surface area (Å²) in [5.74, 6) is 0.613. The third-order valence-electron chi connectivity index (χ3n) is 3.57. The molecule has 0 bridgehead atoms. The van der Waals surface area contributed by atoms with Crippen LogP contribution in [0, 0.1) is 11.3 Å². The number of ether oxygens (including phenoxy) is 1. The SMILES string of the molecule is C[C@@H](O)CCN(C)C(=O)c1ccccc1Oc1ccccc1C#N. The molecule has 2 aromatic rings. The standard InChI is InChI=1S/C19H20N2O3/c1-14(22)11-12-21(2)19(23)16-8-4-6-10-18(16)24-17-9-5-3-7-15(17)13-20/h3-10,14,22H,11-12H2,1-2H3/t14-/m1/s1. The summed E-state index contributed by atoms with van der Waals surface area (Å²) in [6.45, 7) is 2.13. The predicted molar refractivity (Wildman–Crippen MR) is 90.9 cm³/mol. The Balaban J connectivity index is 2.24. The minimum absolute atomic E-state index is 0.194. The molecule has 0 fully saturated rings. The van der Waals surface area contributed by atoms with E-state index in [2.05, 4.69) is 6.07 Å². The highest BCUT2D eigenvalue weighted by molar-refractivity contribution is 5.96. The van der Waals surface area contributed by atoms with E-state index in [9.17, 15) is 9.90 Å². The fourth-order valence-electron chi connectivity index (χ4n) is 2.19. The number of hydrogen-bond donors (Lipinski definition) is 1. The maximum Gasteiger partial charge on any atom is 0.257 e. The molecule has 0 aliphatic rings. The molecule has 1 amide bonds. The lowest BCUT2D eigenvalue weighted by molar-refractivity contribution is 0.0766. The van der Waals surface area contributed by atoms with Crippen LogP contribution in [0.25, 0.3) is 0 Å². The third kappa shape index (κ3) is 4.34. The van der Waals surface area contributed by atoms with E-state index in [1.54, 1.807) is 67.4 Å². The molecule has 2 aromatic carbocycles. The minimum Gasteiger partial charge on any atom is -0.455 e. The molecule has 0 saturated carbocycles. The Hall–Kier alpha value is -2.84. The Morgan fingerprint density at radius 1 is 1.21 bits per heavy atom. The number of aliphatic hydroxyl groups is 1. The van der Waals surface area contributed by atoms with Gasteiger partial charge in [0.2, 0.25) is 0 Å². The number of aliphatic hydroxyl groups excluding tert-OH is 1. The molecule has 1 N–H and O–H groups in total. The van der Waals surface area contributed by atoms with E-state index in [4.69, 9.17) is 10.00 Å². The molecule has 0 aliphatic heterocycles. The Morgan fingerprint density at radius 3 is 2.50 bits per heavy atom. The van der Waals surface area contributed by atoms with Crippen LogP contribution >= 0.6 is 0 Å². The van der Waals surface area contributed by atoms with Crippen molar-refractivity contribution < 1.29 is 14.6 Å². The molecule has 124 valence electrons. The molecule has 24 heavy (non-hydrogen) atoms. The molecule has 0 heterocycles. The van der Waals surface area contributed by atoms with E-state index in [-0.39, 0.29) is 5.91 Å². The van der Waals surface area contributed by atoms with E-state index in [0.717, 1.165) is 0 Å². The first kappa shape index (κ1) is 17.5. The van der Waals surface area contributed by atoms with Crippen LogP contribution in [0.4, 0.5) is 0 Å². The Bertz CT molecular complexity index is 750. The molecule has 0 aliphatic carbocycles. The highest BCUT2D eigenvalue weighted by Gasteiger charge is 2.18. The number of nitriles is 1. The van der Waals surface area contributed by atoms with Gasteiger partial charge in [-0.15, -0.1) is 0 Å². The van der Waals surface area contributed by atoms with E-state index in [1.807, 2.05) is 0 Å². The zero-order valence-corrected chi connectivity index (χ0v) is 13.8. The Kier molecular flexibility index (Phi) is 5.94. The average molecular weight is 324 g/mol. The van der Waals surface area contributed by atoms with Crippen molar-refractivity contribution in [2.24, 2.45) is 0 Å². The molecule has 0 saturated heterocycles. The minimum atomic E-state index is -0.464. The Morgan fingerprint density at radius 2 is 1.83 bits per heavy atom. The molecule has 0 unspecified atom stereocenters. The summed E-state index contributed by atoms with van der Waals surface area (Å²) in [6.07, 6.45) is 0.0389. The first-order valence-corrected chi connectivity index (χ1v) is 7.72. The largest absolute Gasteiger partial charge is 0.455 e. The van der Waals surface area contributed by atoms with Crippen LogP contribution in [-0.2, 0) is 0 Å². The summed E-state index contributed by atoms with van der Waals surface area (Å²) >= 11 is 0. The van der Waals surface area contributed by atoms with Crippen molar-refractivity contribution in [3.63, 3.8) is 0 Å². The quantitative estimate of drug-likeness (QED) is 0.885. The van der Waals surface area contributed by atoms with E-state index >= 15 is 0 Å². The highest BCUT2D eigenvalue weighted by Crippen LogP contribution is 2.28. The molecule has 0 radical (unpaired) electrons. The van der Waals surface area contributed by atoms with Gasteiger partial charge in [-0.3, -0.25) is 4.79 Å². The van der Waals surface area contributed by atoms with Crippen molar-refractivity contribution in [1.82, 2.24) is 4.90 Å². The normalized spacial score (nSPS) is 11.4. The van der Waals surface area contributed by atoms with Crippen molar-refractivity contribution in [2.75, 3.05) is 13.6 Å². The summed E-state index contributed by atoms with van der Waals surface area (Å²) in [5, 5.41) is 18.5. The van der Waals surface area contributed by atoms with Gasteiger partial charge in [-0.2, -0.15) is 5.26 Å². The van der Waals surface area contributed by atoms with Gasteiger partial charge in [-0.25, -0.2) is 0 Å². The number of nitrogens with zero attached hydrogens (tertiary/aromatic N) is 2. The number of amides is 1. The highest BCUT2D eigenvalue weighted by atomic mass is 16.5. The van der Waals surface area contributed by atoms with Gasteiger partial charge in [0.05, 0.1) is 17.2 Å². The molecule has 5 heteroatoms. The third-order valence-corrected chi connectivity index (χ3v) is 3.57. The van der Waals surface area contributed by atoms with Gasteiger partial charge in [0, 0.05) is 13.6 Å². The second kappa shape index (κ2) is 8.14. The molecular formula is C19H20N2O3. The van der Waals surface area contributed by atoms with Crippen LogP contribution in [0.1, 0.15) is 29.3 Å². The first-order valence-electron chi connectivity index (χ1n) is 7.72. The van der Waals surface area contributed by atoms with Crippen LogP contribution in [0.3, 0.4) is 0 Å². The predicted octanol–water partition coefficient (Wildman–Crippen LogP) is 3.19. The Labute approximate surface area is 141 Å². The summed E-state index contributed by atoms with van der Waals surface area (Å²) < 4.78 is 5.81. The van der Waals surface area contributed by atoms with Gasteiger partial charge in [0.1, 0.15) is 17.6 Å². The van der Waals surface area contributed by atoms with Gasteiger partial charge in [0.15, 0.2) is 0 Å². The zero-order chi connectivity index (χ0) is 17.5. The number of carbonyl (C=O) groups is 1. The van der Waals surface area contributed by atoms with E-state index in [0.29, 0.717) is 35.6 Å². The first-order chi connectivity index (χ1) is 11.5. The van der Waals surface area contributed by atoms with Crippen LogP contribution in [0.15, 0.2) is 48.5 Å².